The zero-order valence-electron chi connectivity index (χ0n) is 13.2. The molecule has 0 aromatic carbocycles. The number of esters is 1. The summed E-state index contributed by atoms with van der Waals surface area (Å²) in [6, 6.07) is 0.721. The maximum atomic E-state index is 11.8. The summed E-state index contributed by atoms with van der Waals surface area (Å²) in [5.74, 6) is 0.552. The van der Waals surface area contributed by atoms with Crippen molar-refractivity contribution in [2.24, 2.45) is 5.92 Å². The SMILES string of the molecule is CNC(C)(CCCN1CCCC1C(C)C)C(=O)OC. The topological polar surface area (TPSA) is 41.6 Å². The normalized spacial score (nSPS) is 23.6. The van der Waals surface area contributed by atoms with Gasteiger partial charge in [-0.05, 0) is 58.7 Å². The molecule has 0 aliphatic carbocycles. The first-order chi connectivity index (χ1) is 8.94. The average Bonchev–Trinajstić information content (AvgIpc) is 2.86. The molecule has 2 unspecified atom stereocenters. The number of methoxy groups -OCH3 is 1. The Bertz CT molecular complexity index is 294. The Kier molecular flexibility index (Phi) is 6.27. The van der Waals surface area contributed by atoms with E-state index in [1.165, 1.54) is 26.5 Å². The van der Waals surface area contributed by atoms with Gasteiger partial charge in [0.05, 0.1) is 7.11 Å². The number of carbonyl (C=O) groups is 1. The van der Waals surface area contributed by atoms with Gasteiger partial charge in [-0.2, -0.15) is 0 Å². The van der Waals surface area contributed by atoms with E-state index >= 15 is 0 Å². The highest BCUT2D eigenvalue weighted by molar-refractivity contribution is 5.80. The molecule has 0 amide bonds. The Balaban J connectivity index is 2.42. The highest BCUT2D eigenvalue weighted by Gasteiger charge is 2.33. The molecule has 4 nitrogen and oxygen atoms in total. The number of nitrogens with one attached hydrogen (secondary N) is 1. The van der Waals surface area contributed by atoms with Gasteiger partial charge in [-0.15, -0.1) is 0 Å². The molecule has 0 aromatic heterocycles. The van der Waals surface area contributed by atoms with Gasteiger partial charge in [0.25, 0.3) is 0 Å². The summed E-state index contributed by atoms with van der Waals surface area (Å²) >= 11 is 0. The van der Waals surface area contributed by atoms with E-state index in [1.54, 1.807) is 0 Å². The predicted octanol–water partition coefficient (Wildman–Crippen LogP) is 2.04. The van der Waals surface area contributed by atoms with Crippen molar-refractivity contribution < 1.29 is 9.53 Å². The molecule has 0 radical (unpaired) electrons. The van der Waals surface area contributed by atoms with Crippen LogP contribution in [-0.2, 0) is 9.53 Å². The third kappa shape index (κ3) is 4.18. The molecular weight excluding hydrogens is 240 g/mol. The lowest BCUT2D eigenvalue weighted by Crippen LogP contribution is -2.48. The minimum Gasteiger partial charge on any atom is -0.468 e. The highest BCUT2D eigenvalue weighted by Crippen LogP contribution is 2.24. The Morgan fingerprint density at radius 2 is 2.21 bits per heavy atom. The fourth-order valence-corrected chi connectivity index (χ4v) is 3.07. The zero-order valence-corrected chi connectivity index (χ0v) is 13.2. The largest absolute Gasteiger partial charge is 0.468 e. The van der Waals surface area contributed by atoms with E-state index in [4.69, 9.17) is 4.74 Å². The van der Waals surface area contributed by atoms with E-state index in [1.807, 2.05) is 14.0 Å². The Hall–Kier alpha value is -0.610. The molecule has 0 saturated carbocycles. The van der Waals surface area contributed by atoms with E-state index in [-0.39, 0.29) is 5.97 Å². The molecule has 0 spiro atoms. The molecule has 1 rings (SSSR count). The van der Waals surface area contributed by atoms with Crippen LogP contribution in [0.2, 0.25) is 0 Å². The number of likely N-dealkylation sites (N-methyl/N-ethyl adjacent to an activating group) is 1. The summed E-state index contributed by atoms with van der Waals surface area (Å²) in [7, 11) is 3.27. The van der Waals surface area contributed by atoms with E-state index in [0.717, 1.165) is 31.3 Å². The summed E-state index contributed by atoms with van der Waals surface area (Å²) in [5.41, 5.74) is -0.554. The molecule has 2 atom stereocenters. The monoisotopic (exact) mass is 270 g/mol. The lowest BCUT2D eigenvalue weighted by Gasteiger charge is -2.30. The van der Waals surface area contributed by atoms with Crippen molar-refractivity contribution >= 4 is 5.97 Å². The van der Waals surface area contributed by atoms with Crippen LogP contribution < -0.4 is 5.32 Å². The first-order valence-corrected chi connectivity index (χ1v) is 7.46. The number of likely N-dealkylation sites (tertiary alicyclic amines) is 1. The molecule has 112 valence electrons. The summed E-state index contributed by atoms with van der Waals surface area (Å²) in [4.78, 5) is 14.3. The molecule has 1 N–H and O–H groups in total. The van der Waals surface area contributed by atoms with Crippen LogP contribution in [0, 0.1) is 5.92 Å². The number of hydrogen-bond acceptors (Lipinski definition) is 4. The fraction of sp³-hybridized carbons (Fsp3) is 0.933. The average molecular weight is 270 g/mol. The number of ether oxygens (including phenoxy) is 1. The third-order valence-corrected chi connectivity index (χ3v) is 4.49. The summed E-state index contributed by atoms with van der Waals surface area (Å²) in [5, 5.41) is 3.10. The van der Waals surface area contributed by atoms with E-state index in [0.29, 0.717) is 0 Å². The van der Waals surface area contributed by atoms with Crippen LogP contribution in [0.3, 0.4) is 0 Å². The van der Waals surface area contributed by atoms with Gasteiger partial charge in [0.2, 0.25) is 0 Å². The Labute approximate surface area is 117 Å². The van der Waals surface area contributed by atoms with Crippen molar-refractivity contribution in [3.63, 3.8) is 0 Å². The Morgan fingerprint density at radius 3 is 2.74 bits per heavy atom. The zero-order chi connectivity index (χ0) is 14.5. The van der Waals surface area contributed by atoms with Crippen LogP contribution in [0.5, 0.6) is 0 Å². The lowest BCUT2D eigenvalue weighted by molar-refractivity contribution is -0.148. The lowest BCUT2D eigenvalue weighted by atomic mass is 9.95. The quantitative estimate of drug-likeness (QED) is 0.719. The van der Waals surface area contributed by atoms with Crippen molar-refractivity contribution in [3.8, 4) is 0 Å². The summed E-state index contributed by atoms with van der Waals surface area (Å²) < 4.78 is 4.87. The smallest absolute Gasteiger partial charge is 0.325 e. The maximum Gasteiger partial charge on any atom is 0.325 e. The molecule has 0 bridgehead atoms. The van der Waals surface area contributed by atoms with E-state index in [9.17, 15) is 4.79 Å². The maximum absolute atomic E-state index is 11.8. The van der Waals surface area contributed by atoms with Gasteiger partial charge >= 0.3 is 5.97 Å². The minimum atomic E-state index is -0.554. The third-order valence-electron chi connectivity index (χ3n) is 4.49. The van der Waals surface area contributed by atoms with Crippen molar-refractivity contribution in [1.82, 2.24) is 10.2 Å². The van der Waals surface area contributed by atoms with Gasteiger partial charge in [-0.3, -0.25) is 4.79 Å². The second-order valence-corrected chi connectivity index (χ2v) is 6.17. The molecule has 1 saturated heterocycles. The molecule has 4 heteroatoms. The number of nitrogens with zero attached hydrogens (tertiary/aromatic N) is 1. The molecule has 1 fully saturated rings. The number of rotatable bonds is 7. The van der Waals surface area contributed by atoms with Crippen LogP contribution in [-0.4, -0.2) is 49.7 Å². The van der Waals surface area contributed by atoms with Gasteiger partial charge < -0.3 is 15.0 Å². The summed E-state index contributed by atoms with van der Waals surface area (Å²) in [6.07, 6.45) is 4.47. The van der Waals surface area contributed by atoms with Gasteiger partial charge in [0.15, 0.2) is 0 Å². The Morgan fingerprint density at radius 1 is 1.53 bits per heavy atom. The van der Waals surface area contributed by atoms with E-state index in [2.05, 4.69) is 24.1 Å². The standard InChI is InChI=1S/C15H30N2O2/c1-12(2)13-8-6-10-17(13)11-7-9-15(3,16-4)14(18)19-5/h12-13,16H,6-11H2,1-5H3. The van der Waals surface area contributed by atoms with Gasteiger partial charge in [-0.1, -0.05) is 13.8 Å². The van der Waals surface area contributed by atoms with Crippen molar-refractivity contribution in [3.05, 3.63) is 0 Å². The highest BCUT2D eigenvalue weighted by atomic mass is 16.5. The van der Waals surface area contributed by atoms with E-state index < -0.39 is 5.54 Å². The second kappa shape index (κ2) is 7.25. The first kappa shape index (κ1) is 16.4. The van der Waals surface area contributed by atoms with Crippen LogP contribution in [0.4, 0.5) is 0 Å². The van der Waals surface area contributed by atoms with Crippen LogP contribution in [0.25, 0.3) is 0 Å². The summed E-state index contributed by atoms with van der Waals surface area (Å²) in [6.45, 7) is 8.81. The second-order valence-electron chi connectivity index (χ2n) is 6.17. The molecule has 0 aromatic rings. The van der Waals surface area contributed by atoms with Crippen LogP contribution >= 0.6 is 0 Å². The number of hydrogen-bond donors (Lipinski definition) is 1. The minimum absolute atomic E-state index is 0.170. The van der Waals surface area contributed by atoms with Gasteiger partial charge in [0, 0.05) is 6.04 Å². The first-order valence-electron chi connectivity index (χ1n) is 7.46. The molecular formula is C15H30N2O2. The van der Waals surface area contributed by atoms with Gasteiger partial charge in [0.1, 0.15) is 5.54 Å². The molecule has 1 heterocycles. The van der Waals surface area contributed by atoms with Crippen molar-refractivity contribution in [2.75, 3.05) is 27.2 Å². The van der Waals surface area contributed by atoms with Crippen molar-refractivity contribution in [1.29, 1.82) is 0 Å². The van der Waals surface area contributed by atoms with Crippen LogP contribution in [0.15, 0.2) is 0 Å². The molecule has 1 aliphatic rings. The van der Waals surface area contributed by atoms with Crippen molar-refractivity contribution in [2.45, 2.75) is 58.0 Å². The predicted molar refractivity (Wildman–Crippen MR) is 78.1 cm³/mol. The molecule has 1 aliphatic heterocycles. The fourth-order valence-electron chi connectivity index (χ4n) is 3.07. The number of carbonyl (C=O) groups excluding carboxylic acids is 1. The molecule has 19 heavy (non-hydrogen) atoms. The van der Waals surface area contributed by atoms with Crippen LogP contribution in [0.1, 0.15) is 46.5 Å². The van der Waals surface area contributed by atoms with Gasteiger partial charge in [-0.25, -0.2) is 0 Å².